The number of rotatable bonds is 5. The lowest BCUT2D eigenvalue weighted by Crippen LogP contribution is -2.55. The van der Waals surface area contributed by atoms with Gasteiger partial charge in [0.05, 0.1) is 30.3 Å². The summed E-state index contributed by atoms with van der Waals surface area (Å²) in [6.07, 6.45) is 4.00. The maximum atomic E-state index is 11.5. The van der Waals surface area contributed by atoms with Crippen molar-refractivity contribution in [3.05, 3.63) is 39.6 Å². The minimum atomic E-state index is -3.22. The zero-order valence-corrected chi connectivity index (χ0v) is 16.0. The summed E-state index contributed by atoms with van der Waals surface area (Å²) in [5.74, 6) is 0.336. The molecule has 1 fully saturated rings. The van der Waals surface area contributed by atoms with Crippen molar-refractivity contribution in [3.63, 3.8) is 0 Å². The lowest BCUT2D eigenvalue weighted by atomic mass is 9.93. The number of hydrogen-bond donors (Lipinski definition) is 0. The summed E-state index contributed by atoms with van der Waals surface area (Å²) in [5.41, 5.74) is 8.66. The minimum absolute atomic E-state index is 0.273. The van der Waals surface area contributed by atoms with E-state index in [-0.39, 0.29) is 19.2 Å². The van der Waals surface area contributed by atoms with E-state index in [1.54, 1.807) is 32.3 Å². The van der Waals surface area contributed by atoms with Gasteiger partial charge >= 0.3 is 0 Å². The summed E-state index contributed by atoms with van der Waals surface area (Å²) in [7, 11) is -3.22. The van der Waals surface area contributed by atoms with E-state index < -0.39 is 15.6 Å². The number of sulfonamides is 1. The highest BCUT2D eigenvalue weighted by molar-refractivity contribution is 7.88. The molecule has 0 amide bonds. The van der Waals surface area contributed by atoms with E-state index in [0.29, 0.717) is 27.4 Å². The largest absolute Gasteiger partial charge is 0.471 e. The van der Waals surface area contributed by atoms with E-state index >= 15 is 0 Å². The van der Waals surface area contributed by atoms with Crippen LogP contribution in [0.1, 0.15) is 19.4 Å². The third-order valence-corrected chi connectivity index (χ3v) is 5.66. The molecule has 9 nitrogen and oxygen atoms in total. The van der Waals surface area contributed by atoms with Crippen LogP contribution >= 0.6 is 11.6 Å². The van der Waals surface area contributed by atoms with Gasteiger partial charge in [-0.1, -0.05) is 30.6 Å². The van der Waals surface area contributed by atoms with Crippen LogP contribution in [0.2, 0.25) is 5.15 Å². The van der Waals surface area contributed by atoms with Crippen molar-refractivity contribution in [2.45, 2.75) is 25.5 Å². The molecule has 2 aromatic rings. The third-order valence-electron chi connectivity index (χ3n) is 4.22. The molecule has 0 spiro atoms. The Hall–Kier alpha value is -2.13. The fourth-order valence-corrected chi connectivity index (χ4v) is 3.77. The minimum Gasteiger partial charge on any atom is -0.471 e. The maximum Gasteiger partial charge on any atom is 0.223 e. The molecular weight excluding hydrogens is 380 g/mol. The van der Waals surface area contributed by atoms with Crippen LogP contribution in [0.5, 0.6) is 5.88 Å². The predicted molar refractivity (Wildman–Crippen MR) is 97.6 cm³/mol. The number of halogens is 1. The van der Waals surface area contributed by atoms with E-state index in [9.17, 15) is 8.42 Å². The summed E-state index contributed by atoms with van der Waals surface area (Å²) >= 11 is 6.03. The molecule has 11 heteroatoms. The Morgan fingerprint density at radius 3 is 2.65 bits per heavy atom. The molecule has 0 N–H and O–H groups in total. The van der Waals surface area contributed by atoms with Crippen LogP contribution in [0.3, 0.4) is 0 Å². The first kappa shape index (κ1) is 18.7. The number of aromatic nitrogens is 2. The standard InChI is InChI=1S/C15H17ClN6O3S/c1-15(2,20-21-17)12-6-19-14(11-5-18-13(16)4-10(11)12)25-9-7-22(8-9)26(3,23)24/h4-6,9H,7-8H2,1-3H3. The second-order valence-electron chi connectivity index (χ2n) is 6.60. The molecular formula is C15H17ClN6O3S. The van der Waals surface area contributed by atoms with Crippen molar-refractivity contribution in [1.29, 1.82) is 0 Å². The van der Waals surface area contributed by atoms with Crippen molar-refractivity contribution < 1.29 is 13.2 Å². The summed E-state index contributed by atoms with van der Waals surface area (Å²) in [6.45, 7) is 4.09. The molecule has 0 unspecified atom stereocenters. The number of hydrogen-bond acceptors (Lipinski definition) is 6. The molecule has 3 rings (SSSR count). The molecule has 0 aliphatic carbocycles. The summed E-state index contributed by atoms with van der Waals surface area (Å²) in [6, 6.07) is 1.67. The molecule has 0 bridgehead atoms. The van der Waals surface area contributed by atoms with Crippen LogP contribution in [-0.2, 0) is 15.6 Å². The van der Waals surface area contributed by atoms with Gasteiger partial charge in [0, 0.05) is 17.3 Å². The molecule has 26 heavy (non-hydrogen) atoms. The zero-order valence-electron chi connectivity index (χ0n) is 14.4. The lowest BCUT2D eigenvalue weighted by molar-refractivity contribution is 0.0740. The monoisotopic (exact) mass is 396 g/mol. The molecule has 138 valence electrons. The SMILES string of the molecule is CC(C)(N=[N+]=[N-])c1cnc(OC2CN(S(C)(=O)=O)C2)c2cnc(Cl)cc12. The number of pyridine rings is 2. The van der Waals surface area contributed by atoms with Gasteiger partial charge in [-0.2, -0.15) is 4.31 Å². The van der Waals surface area contributed by atoms with Gasteiger partial charge in [-0.3, -0.25) is 0 Å². The van der Waals surface area contributed by atoms with E-state index in [1.165, 1.54) is 4.31 Å². The second kappa shape index (κ2) is 6.55. The van der Waals surface area contributed by atoms with Crippen LogP contribution in [0.4, 0.5) is 0 Å². The average Bonchev–Trinajstić information content (AvgIpc) is 2.48. The average molecular weight is 397 g/mol. The third kappa shape index (κ3) is 3.54. The van der Waals surface area contributed by atoms with Gasteiger partial charge in [0.15, 0.2) is 0 Å². The maximum absolute atomic E-state index is 11.5. The molecule has 0 atom stereocenters. The van der Waals surface area contributed by atoms with Crippen LogP contribution in [0.15, 0.2) is 23.6 Å². The first-order valence-electron chi connectivity index (χ1n) is 7.74. The van der Waals surface area contributed by atoms with E-state index in [2.05, 4.69) is 20.0 Å². The van der Waals surface area contributed by atoms with Crippen molar-refractivity contribution in [1.82, 2.24) is 14.3 Å². The van der Waals surface area contributed by atoms with Crippen LogP contribution < -0.4 is 4.74 Å². The van der Waals surface area contributed by atoms with Crippen molar-refractivity contribution >= 4 is 32.4 Å². The number of azide groups is 1. The molecule has 1 aliphatic rings. The van der Waals surface area contributed by atoms with Crippen molar-refractivity contribution in [2.75, 3.05) is 19.3 Å². The molecule has 1 aliphatic heterocycles. The lowest BCUT2D eigenvalue weighted by Gasteiger charge is -2.36. The van der Waals surface area contributed by atoms with Crippen molar-refractivity contribution in [2.24, 2.45) is 5.11 Å². The van der Waals surface area contributed by atoms with Gasteiger partial charge in [0.1, 0.15) is 11.3 Å². The van der Waals surface area contributed by atoms with Crippen LogP contribution in [0, 0.1) is 0 Å². The Morgan fingerprint density at radius 2 is 2.04 bits per heavy atom. The number of nitrogens with zero attached hydrogens (tertiary/aromatic N) is 6. The van der Waals surface area contributed by atoms with Crippen LogP contribution in [0.25, 0.3) is 21.2 Å². The Bertz CT molecular complexity index is 1010. The highest BCUT2D eigenvalue weighted by Gasteiger charge is 2.35. The topological polar surface area (TPSA) is 121 Å². The normalized spacial score (nSPS) is 16.2. The quantitative estimate of drug-likeness (QED) is 0.333. The van der Waals surface area contributed by atoms with Gasteiger partial charge in [-0.15, -0.1) is 0 Å². The molecule has 3 heterocycles. The van der Waals surface area contributed by atoms with E-state index in [4.69, 9.17) is 21.9 Å². The first-order valence-corrected chi connectivity index (χ1v) is 9.97. The van der Waals surface area contributed by atoms with Gasteiger partial charge in [0.25, 0.3) is 0 Å². The van der Waals surface area contributed by atoms with E-state index in [0.717, 1.165) is 6.26 Å². The van der Waals surface area contributed by atoms with E-state index in [1.807, 2.05) is 0 Å². The molecule has 0 radical (unpaired) electrons. The van der Waals surface area contributed by atoms with Gasteiger partial charge in [-0.05, 0) is 22.5 Å². The predicted octanol–water partition coefficient (Wildman–Crippen LogP) is 2.85. The highest BCUT2D eigenvalue weighted by Crippen LogP contribution is 2.36. The van der Waals surface area contributed by atoms with Gasteiger partial charge in [0.2, 0.25) is 15.9 Å². The Labute approximate surface area is 155 Å². The number of fused-ring (bicyclic) bond motifs is 1. The van der Waals surface area contributed by atoms with Crippen molar-refractivity contribution in [3.8, 4) is 5.88 Å². The Kier molecular flexibility index (Phi) is 4.70. The Balaban J connectivity index is 1.98. The van der Waals surface area contributed by atoms with Crippen LogP contribution in [-0.4, -0.2) is 48.1 Å². The fourth-order valence-electron chi connectivity index (χ4n) is 2.74. The zero-order chi connectivity index (χ0) is 19.1. The van der Waals surface area contributed by atoms with Gasteiger partial charge < -0.3 is 4.74 Å². The summed E-state index contributed by atoms with van der Waals surface area (Å²) < 4.78 is 30.1. The molecule has 1 saturated heterocycles. The number of ether oxygens (including phenoxy) is 1. The Morgan fingerprint density at radius 1 is 1.35 bits per heavy atom. The molecule has 0 aromatic carbocycles. The highest BCUT2D eigenvalue weighted by atomic mass is 35.5. The van der Waals surface area contributed by atoms with Gasteiger partial charge in [-0.25, -0.2) is 18.4 Å². The second-order valence-corrected chi connectivity index (χ2v) is 8.97. The smallest absolute Gasteiger partial charge is 0.223 e. The first-order chi connectivity index (χ1) is 12.1. The molecule has 2 aromatic heterocycles. The molecule has 0 saturated carbocycles. The fraction of sp³-hybridized carbons (Fsp3) is 0.467. The summed E-state index contributed by atoms with van der Waals surface area (Å²) in [4.78, 5) is 11.3. The summed E-state index contributed by atoms with van der Waals surface area (Å²) in [5, 5.41) is 5.45.